The van der Waals surface area contributed by atoms with Crippen molar-refractivity contribution in [3.63, 3.8) is 0 Å². The van der Waals surface area contributed by atoms with Gasteiger partial charge in [-0.05, 0) is 12.6 Å². The van der Waals surface area contributed by atoms with Gasteiger partial charge in [-0.2, -0.15) is 0 Å². The zero-order valence-corrected chi connectivity index (χ0v) is 9.86. The van der Waals surface area contributed by atoms with Gasteiger partial charge >= 0.3 is 0 Å². The van der Waals surface area contributed by atoms with Crippen molar-refractivity contribution in [2.24, 2.45) is 0 Å². The van der Waals surface area contributed by atoms with E-state index in [4.69, 9.17) is 4.74 Å². The number of nitrogens with zero attached hydrogens (tertiary/aromatic N) is 1. The van der Waals surface area contributed by atoms with Crippen LogP contribution < -0.4 is 0 Å². The summed E-state index contributed by atoms with van der Waals surface area (Å²) in [5.74, 6) is 0. The molecule has 1 saturated heterocycles. The fourth-order valence-electron chi connectivity index (χ4n) is 2.23. The molecule has 2 nitrogen and oxygen atoms in total. The van der Waals surface area contributed by atoms with E-state index in [0.29, 0.717) is 0 Å². The van der Waals surface area contributed by atoms with Gasteiger partial charge in [-0.15, -0.1) is 6.58 Å². The molecule has 0 aliphatic carbocycles. The molecule has 1 aliphatic heterocycles. The largest absolute Gasteiger partial charge is 0.368 e. The number of ether oxygens (including phenoxy) is 1. The predicted molar refractivity (Wildman–Crippen MR) is 66.5 cm³/mol. The molecule has 2 rings (SSSR count). The van der Waals surface area contributed by atoms with E-state index >= 15 is 0 Å². The fraction of sp³-hybridized carbons (Fsp3) is 0.429. The van der Waals surface area contributed by atoms with Crippen LogP contribution in [0.15, 0.2) is 43.0 Å². The van der Waals surface area contributed by atoms with Crippen LogP contribution in [-0.4, -0.2) is 37.2 Å². The molecule has 0 saturated carbocycles. The molecule has 1 aromatic carbocycles. The first-order chi connectivity index (χ1) is 7.74. The Morgan fingerprint density at radius 2 is 2.19 bits per heavy atom. The second-order valence-corrected chi connectivity index (χ2v) is 4.52. The number of rotatable bonds is 3. The summed E-state index contributed by atoms with van der Waals surface area (Å²) < 4.78 is 5.93. The van der Waals surface area contributed by atoms with Crippen LogP contribution in [0, 0.1) is 0 Å². The summed E-state index contributed by atoms with van der Waals surface area (Å²) in [7, 11) is 2.13. The molecule has 2 heteroatoms. The Balaban J connectivity index is 2.13. The van der Waals surface area contributed by atoms with E-state index in [0.717, 1.165) is 26.1 Å². The van der Waals surface area contributed by atoms with Gasteiger partial charge in [-0.1, -0.05) is 36.4 Å². The minimum Gasteiger partial charge on any atom is -0.368 e. The molecule has 1 aliphatic rings. The monoisotopic (exact) mass is 217 g/mol. The van der Waals surface area contributed by atoms with E-state index in [1.54, 1.807) is 0 Å². The van der Waals surface area contributed by atoms with Gasteiger partial charge in [-0.25, -0.2) is 0 Å². The summed E-state index contributed by atoms with van der Waals surface area (Å²) in [5, 5.41) is 0. The molecule has 1 aromatic rings. The normalized spacial score (nSPS) is 26.6. The molecular weight excluding hydrogens is 198 g/mol. The number of morpholine rings is 1. The zero-order valence-electron chi connectivity index (χ0n) is 9.86. The standard InChI is InChI=1S/C14H19NO/c1-3-14(12-15(2)9-10-16-14)11-13-7-5-4-6-8-13/h3-8H,1,9-12H2,2H3. The Bertz CT molecular complexity index is 349. The van der Waals surface area contributed by atoms with Crippen LogP contribution in [0.1, 0.15) is 5.56 Å². The van der Waals surface area contributed by atoms with Gasteiger partial charge in [0.1, 0.15) is 5.60 Å². The molecule has 16 heavy (non-hydrogen) atoms. The van der Waals surface area contributed by atoms with Crippen molar-refractivity contribution in [1.82, 2.24) is 4.90 Å². The highest BCUT2D eigenvalue weighted by Crippen LogP contribution is 2.23. The van der Waals surface area contributed by atoms with Gasteiger partial charge in [0, 0.05) is 19.5 Å². The van der Waals surface area contributed by atoms with Gasteiger partial charge in [0.2, 0.25) is 0 Å². The lowest BCUT2D eigenvalue weighted by atomic mass is 9.92. The molecule has 1 heterocycles. The zero-order chi connectivity index (χ0) is 11.4. The van der Waals surface area contributed by atoms with Gasteiger partial charge in [0.05, 0.1) is 6.61 Å². The van der Waals surface area contributed by atoms with Crippen molar-refractivity contribution in [3.05, 3.63) is 48.6 Å². The topological polar surface area (TPSA) is 12.5 Å². The third kappa shape index (κ3) is 2.52. The average Bonchev–Trinajstić information content (AvgIpc) is 2.30. The van der Waals surface area contributed by atoms with E-state index in [9.17, 15) is 0 Å². The van der Waals surface area contributed by atoms with Crippen LogP contribution in [0.2, 0.25) is 0 Å². The molecule has 0 bridgehead atoms. The molecule has 1 atom stereocenters. The Morgan fingerprint density at radius 3 is 2.81 bits per heavy atom. The number of likely N-dealkylation sites (N-methyl/N-ethyl adjacent to an activating group) is 1. The maximum absolute atomic E-state index is 5.93. The van der Waals surface area contributed by atoms with Crippen LogP contribution in [0.25, 0.3) is 0 Å². The first-order valence-electron chi connectivity index (χ1n) is 5.74. The molecule has 0 aromatic heterocycles. The SMILES string of the molecule is C=CC1(Cc2ccccc2)CN(C)CCO1. The average molecular weight is 217 g/mol. The van der Waals surface area contributed by atoms with E-state index in [1.807, 2.05) is 12.1 Å². The fourth-order valence-corrected chi connectivity index (χ4v) is 2.23. The molecule has 1 fully saturated rings. The van der Waals surface area contributed by atoms with Crippen LogP contribution in [0.3, 0.4) is 0 Å². The van der Waals surface area contributed by atoms with Crippen molar-refractivity contribution in [2.45, 2.75) is 12.0 Å². The summed E-state index contributed by atoms with van der Waals surface area (Å²) in [4.78, 5) is 2.30. The van der Waals surface area contributed by atoms with Gasteiger partial charge in [0.15, 0.2) is 0 Å². The molecule has 0 radical (unpaired) electrons. The van der Waals surface area contributed by atoms with Crippen LogP contribution in [0.4, 0.5) is 0 Å². The molecule has 1 unspecified atom stereocenters. The number of hydrogen-bond donors (Lipinski definition) is 0. The minimum absolute atomic E-state index is 0.214. The highest BCUT2D eigenvalue weighted by Gasteiger charge is 2.32. The Morgan fingerprint density at radius 1 is 1.44 bits per heavy atom. The van der Waals surface area contributed by atoms with Crippen LogP contribution >= 0.6 is 0 Å². The number of benzene rings is 1. The van der Waals surface area contributed by atoms with Gasteiger partial charge in [-0.3, -0.25) is 0 Å². The third-order valence-electron chi connectivity index (χ3n) is 3.12. The maximum Gasteiger partial charge on any atom is 0.103 e. The highest BCUT2D eigenvalue weighted by atomic mass is 16.5. The summed E-state index contributed by atoms with van der Waals surface area (Å²) >= 11 is 0. The maximum atomic E-state index is 5.93. The quantitative estimate of drug-likeness (QED) is 0.719. The lowest BCUT2D eigenvalue weighted by Gasteiger charge is -2.39. The molecule has 0 amide bonds. The second kappa shape index (κ2) is 4.81. The van der Waals surface area contributed by atoms with Crippen LogP contribution in [0.5, 0.6) is 0 Å². The van der Waals surface area contributed by atoms with Crippen LogP contribution in [-0.2, 0) is 11.2 Å². The first kappa shape index (κ1) is 11.4. The smallest absolute Gasteiger partial charge is 0.103 e. The summed E-state index contributed by atoms with van der Waals surface area (Å²) in [5.41, 5.74) is 1.09. The van der Waals surface area contributed by atoms with E-state index in [1.165, 1.54) is 5.56 Å². The van der Waals surface area contributed by atoms with E-state index < -0.39 is 0 Å². The Hall–Kier alpha value is -1.12. The van der Waals surface area contributed by atoms with E-state index in [-0.39, 0.29) is 5.60 Å². The predicted octanol–water partition coefficient (Wildman–Crippen LogP) is 2.12. The molecule has 0 N–H and O–H groups in total. The summed E-state index contributed by atoms with van der Waals surface area (Å²) in [6, 6.07) is 10.5. The van der Waals surface area contributed by atoms with Gasteiger partial charge in [0.25, 0.3) is 0 Å². The van der Waals surface area contributed by atoms with Gasteiger partial charge < -0.3 is 9.64 Å². The van der Waals surface area contributed by atoms with Crippen molar-refractivity contribution in [3.8, 4) is 0 Å². The van der Waals surface area contributed by atoms with Crippen molar-refractivity contribution in [1.29, 1.82) is 0 Å². The van der Waals surface area contributed by atoms with Crippen molar-refractivity contribution < 1.29 is 4.74 Å². The Kier molecular flexibility index (Phi) is 3.42. The minimum atomic E-state index is -0.214. The Labute approximate surface area is 97.5 Å². The third-order valence-corrected chi connectivity index (χ3v) is 3.12. The van der Waals surface area contributed by atoms with Crippen molar-refractivity contribution in [2.75, 3.05) is 26.7 Å². The molecule has 86 valence electrons. The van der Waals surface area contributed by atoms with Crippen molar-refractivity contribution >= 4 is 0 Å². The molecular formula is C14H19NO. The lowest BCUT2D eigenvalue weighted by molar-refractivity contribution is -0.0709. The molecule has 0 spiro atoms. The first-order valence-corrected chi connectivity index (χ1v) is 5.74. The summed E-state index contributed by atoms with van der Waals surface area (Å²) in [6.07, 6.45) is 2.86. The lowest BCUT2D eigenvalue weighted by Crippen LogP contribution is -2.50. The second-order valence-electron chi connectivity index (χ2n) is 4.52. The van der Waals surface area contributed by atoms with E-state index in [2.05, 4.69) is 42.8 Å². The highest BCUT2D eigenvalue weighted by molar-refractivity contribution is 5.20. The number of hydrogen-bond acceptors (Lipinski definition) is 2. The summed E-state index contributed by atoms with van der Waals surface area (Å²) in [6.45, 7) is 6.65.